The van der Waals surface area contributed by atoms with Gasteiger partial charge in [0.15, 0.2) is 0 Å². The van der Waals surface area contributed by atoms with Crippen molar-refractivity contribution in [1.82, 2.24) is 0 Å². The molecule has 21 heavy (non-hydrogen) atoms. The molecule has 0 spiro atoms. The van der Waals surface area contributed by atoms with E-state index < -0.39 is 15.8 Å². The third-order valence-electron chi connectivity index (χ3n) is 3.24. The summed E-state index contributed by atoms with van der Waals surface area (Å²) in [5, 5.41) is 0. The summed E-state index contributed by atoms with van der Waals surface area (Å²) in [4.78, 5) is -0.369. The number of rotatable bonds is 4. The van der Waals surface area contributed by atoms with Gasteiger partial charge in [0.2, 0.25) is 0 Å². The van der Waals surface area contributed by atoms with Gasteiger partial charge in [-0.1, -0.05) is 24.3 Å². The first-order chi connectivity index (χ1) is 9.87. The number of benzene rings is 2. The van der Waals surface area contributed by atoms with Crippen molar-refractivity contribution in [2.24, 2.45) is 0 Å². The fourth-order valence-electron chi connectivity index (χ4n) is 2.02. The summed E-state index contributed by atoms with van der Waals surface area (Å²) in [5.74, 6) is -0.666. The van der Waals surface area contributed by atoms with Crippen molar-refractivity contribution in [3.63, 3.8) is 0 Å². The highest BCUT2D eigenvalue weighted by atomic mass is 35.5. The SMILES string of the molecule is Cc1ccccc1N(C)S(=O)(=O)c1cc(CCl)ccc1F. The van der Waals surface area contributed by atoms with E-state index in [2.05, 4.69) is 0 Å². The molecule has 0 heterocycles. The van der Waals surface area contributed by atoms with Crippen LogP contribution in [0.5, 0.6) is 0 Å². The molecule has 0 amide bonds. The Balaban J connectivity index is 2.54. The van der Waals surface area contributed by atoms with E-state index in [4.69, 9.17) is 11.6 Å². The summed E-state index contributed by atoms with van der Waals surface area (Å²) in [5.41, 5.74) is 1.85. The van der Waals surface area contributed by atoms with E-state index in [9.17, 15) is 12.8 Å². The minimum absolute atomic E-state index is 0.122. The van der Waals surface area contributed by atoms with Crippen LogP contribution in [0, 0.1) is 12.7 Å². The van der Waals surface area contributed by atoms with Gasteiger partial charge in [-0.15, -0.1) is 11.6 Å². The Kier molecular flexibility index (Phi) is 4.54. The Morgan fingerprint density at radius 1 is 1.19 bits per heavy atom. The zero-order valence-electron chi connectivity index (χ0n) is 11.7. The van der Waals surface area contributed by atoms with Gasteiger partial charge in [-0.05, 0) is 36.2 Å². The number of halogens is 2. The van der Waals surface area contributed by atoms with Crippen LogP contribution in [-0.4, -0.2) is 15.5 Å². The Labute approximate surface area is 129 Å². The lowest BCUT2D eigenvalue weighted by atomic mass is 10.2. The smallest absolute Gasteiger partial charge is 0.267 e. The molecule has 0 atom stereocenters. The molecule has 0 fully saturated rings. The molecule has 0 aliphatic heterocycles. The van der Waals surface area contributed by atoms with Gasteiger partial charge >= 0.3 is 0 Å². The molecule has 0 bridgehead atoms. The van der Waals surface area contributed by atoms with E-state index in [0.29, 0.717) is 11.3 Å². The summed E-state index contributed by atoms with van der Waals surface area (Å²) < 4.78 is 40.2. The third kappa shape index (κ3) is 3.04. The van der Waals surface area contributed by atoms with Crippen LogP contribution in [-0.2, 0) is 15.9 Å². The fraction of sp³-hybridized carbons (Fsp3) is 0.200. The number of hydrogen-bond donors (Lipinski definition) is 0. The molecule has 6 heteroatoms. The van der Waals surface area contributed by atoms with Gasteiger partial charge in [-0.3, -0.25) is 4.31 Å². The predicted octanol–water partition coefficient (Wildman–Crippen LogP) is 3.70. The molecule has 0 aliphatic rings. The van der Waals surface area contributed by atoms with E-state index in [1.54, 1.807) is 25.1 Å². The van der Waals surface area contributed by atoms with Crippen molar-refractivity contribution >= 4 is 27.3 Å². The molecule has 2 rings (SSSR count). The quantitative estimate of drug-likeness (QED) is 0.803. The highest BCUT2D eigenvalue weighted by Crippen LogP contribution is 2.27. The zero-order valence-corrected chi connectivity index (χ0v) is 13.2. The fourth-order valence-corrected chi connectivity index (χ4v) is 3.56. The summed E-state index contributed by atoms with van der Waals surface area (Å²) in [6.07, 6.45) is 0. The lowest BCUT2D eigenvalue weighted by Gasteiger charge is -2.21. The van der Waals surface area contributed by atoms with E-state index in [1.807, 2.05) is 6.07 Å². The number of para-hydroxylation sites is 1. The molecular formula is C15H15ClFNO2S. The van der Waals surface area contributed by atoms with Gasteiger partial charge < -0.3 is 0 Å². The van der Waals surface area contributed by atoms with Gasteiger partial charge in [-0.25, -0.2) is 12.8 Å². The molecular weight excluding hydrogens is 313 g/mol. The second-order valence-corrected chi connectivity index (χ2v) is 6.86. The molecule has 0 aliphatic carbocycles. The second-order valence-electron chi connectivity index (χ2n) is 4.66. The zero-order chi connectivity index (χ0) is 15.6. The number of nitrogens with zero attached hydrogens (tertiary/aromatic N) is 1. The second kappa shape index (κ2) is 6.03. The molecule has 112 valence electrons. The molecule has 0 unspecified atom stereocenters. The van der Waals surface area contributed by atoms with Crippen molar-refractivity contribution in [3.05, 3.63) is 59.4 Å². The van der Waals surface area contributed by atoms with Gasteiger partial charge in [0, 0.05) is 12.9 Å². The topological polar surface area (TPSA) is 37.4 Å². The van der Waals surface area contributed by atoms with Crippen LogP contribution >= 0.6 is 11.6 Å². The van der Waals surface area contributed by atoms with Crippen LogP contribution in [0.2, 0.25) is 0 Å². The van der Waals surface area contributed by atoms with E-state index in [1.165, 1.54) is 19.2 Å². The van der Waals surface area contributed by atoms with E-state index in [0.717, 1.165) is 15.9 Å². The average Bonchev–Trinajstić information content (AvgIpc) is 2.47. The minimum atomic E-state index is -3.98. The Hall–Kier alpha value is -1.59. The molecule has 0 N–H and O–H groups in total. The van der Waals surface area contributed by atoms with Crippen LogP contribution in [0.3, 0.4) is 0 Å². The van der Waals surface area contributed by atoms with Gasteiger partial charge in [0.25, 0.3) is 10.0 Å². The number of aryl methyl sites for hydroxylation is 1. The summed E-state index contributed by atoms with van der Waals surface area (Å²) in [6.45, 7) is 1.80. The molecule has 0 saturated heterocycles. The minimum Gasteiger partial charge on any atom is -0.269 e. The lowest BCUT2D eigenvalue weighted by molar-refractivity contribution is 0.565. The maximum atomic E-state index is 13.9. The molecule has 0 saturated carbocycles. The molecule has 0 radical (unpaired) electrons. The van der Waals surface area contributed by atoms with E-state index in [-0.39, 0.29) is 10.8 Å². The summed E-state index contributed by atoms with van der Waals surface area (Å²) in [7, 11) is -2.57. The normalized spacial score (nSPS) is 11.4. The standard InChI is InChI=1S/C15H15ClFNO2S/c1-11-5-3-4-6-14(11)18(2)21(19,20)15-9-12(10-16)7-8-13(15)17/h3-9H,10H2,1-2H3. The van der Waals surface area contributed by atoms with Crippen LogP contribution in [0.1, 0.15) is 11.1 Å². The molecule has 2 aromatic rings. The largest absolute Gasteiger partial charge is 0.269 e. The third-order valence-corrected chi connectivity index (χ3v) is 5.34. The van der Waals surface area contributed by atoms with Gasteiger partial charge in [0.1, 0.15) is 10.7 Å². The van der Waals surface area contributed by atoms with Crippen LogP contribution < -0.4 is 4.31 Å². The number of hydrogen-bond acceptors (Lipinski definition) is 2. The van der Waals surface area contributed by atoms with Gasteiger partial charge in [-0.2, -0.15) is 0 Å². The molecule has 2 aromatic carbocycles. The molecule has 0 aromatic heterocycles. The van der Waals surface area contributed by atoms with Crippen molar-refractivity contribution in [2.45, 2.75) is 17.7 Å². The number of anilines is 1. The van der Waals surface area contributed by atoms with Crippen LogP contribution in [0.4, 0.5) is 10.1 Å². The van der Waals surface area contributed by atoms with E-state index >= 15 is 0 Å². The maximum Gasteiger partial charge on any atom is 0.267 e. The lowest BCUT2D eigenvalue weighted by Crippen LogP contribution is -2.28. The first kappa shape index (κ1) is 15.8. The first-order valence-corrected chi connectivity index (χ1v) is 8.24. The first-order valence-electron chi connectivity index (χ1n) is 6.27. The average molecular weight is 328 g/mol. The predicted molar refractivity (Wildman–Crippen MR) is 82.7 cm³/mol. The van der Waals surface area contributed by atoms with Crippen molar-refractivity contribution in [2.75, 3.05) is 11.4 Å². The highest BCUT2D eigenvalue weighted by molar-refractivity contribution is 7.92. The van der Waals surface area contributed by atoms with Crippen molar-refractivity contribution < 1.29 is 12.8 Å². The van der Waals surface area contributed by atoms with Crippen LogP contribution in [0.15, 0.2) is 47.4 Å². The molecule has 3 nitrogen and oxygen atoms in total. The Morgan fingerprint density at radius 2 is 1.86 bits per heavy atom. The number of sulfonamides is 1. The van der Waals surface area contributed by atoms with Crippen molar-refractivity contribution in [3.8, 4) is 0 Å². The van der Waals surface area contributed by atoms with Crippen LogP contribution in [0.25, 0.3) is 0 Å². The summed E-state index contributed by atoms with van der Waals surface area (Å²) in [6, 6.07) is 10.9. The maximum absolute atomic E-state index is 13.9. The summed E-state index contributed by atoms with van der Waals surface area (Å²) >= 11 is 5.69. The number of alkyl halides is 1. The Morgan fingerprint density at radius 3 is 2.48 bits per heavy atom. The Bertz CT molecular complexity index is 762. The highest BCUT2D eigenvalue weighted by Gasteiger charge is 2.26. The van der Waals surface area contributed by atoms with Gasteiger partial charge in [0.05, 0.1) is 5.69 Å². The van der Waals surface area contributed by atoms with Crippen molar-refractivity contribution in [1.29, 1.82) is 0 Å². The monoisotopic (exact) mass is 327 g/mol.